The number of aromatic nitrogens is 3. The smallest absolute Gasteiger partial charge is 0.410 e. The summed E-state index contributed by atoms with van der Waals surface area (Å²) in [4.78, 5) is 24.7. The molecule has 29 heavy (non-hydrogen) atoms. The molecule has 0 aliphatic carbocycles. The van der Waals surface area contributed by atoms with Crippen molar-refractivity contribution in [1.82, 2.24) is 25.0 Å². The Bertz CT molecular complexity index is 877. The number of benzene rings is 1. The molecule has 156 valence electrons. The molecule has 9 heteroatoms. The van der Waals surface area contributed by atoms with E-state index in [0.717, 1.165) is 17.0 Å². The van der Waals surface area contributed by atoms with Crippen molar-refractivity contribution in [2.24, 2.45) is 10.7 Å². The molecule has 0 bridgehead atoms. The summed E-state index contributed by atoms with van der Waals surface area (Å²) in [5.74, 6) is 1.92. The molecule has 0 spiro atoms. The Morgan fingerprint density at radius 1 is 1.24 bits per heavy atom. The predicted octanol–water partition coefficient (Wildman–Crippen LogP) is 2.15. The molecule has 3 N–H and O–H groups in total. The van der Waals surface area contributed by atoms with E-state index >= 15 is 0 Å². The van der Waals surface area contributed by atoms with Gasteiger partial charge >= 0.3 is 6.09 Å². The van der Waals surface area contributed by atoms with Crippen LogP contribution in [-0.2, 0) is 11.3 Å². The van der Waals surface area contributed by atoms with Gasteiger partial charge < -0.3 is 20.3 Å². The maximum absolute atomic E-state index is 12.2. The fourth-order valence-electron chi connectivity index (χ4n) is 3.00. The van der Waals surface area contributed by atoms with Crippen LogP contribution >= 0.6 is 0 Å². The van der Waals surface area contributed by atoms with Gasteiger partial charge in [0.05, 0.1) is 6.54 Å². The molecule has 3 rings (SSSR count). The van der Waals surface area contributed by atoms with Crippen LogP contribution in [0.25, 0.3) is 11.4 Å². The van der Waals surface area contributed by atoms with Crippen molar-refractivity contribution < 1.29 is 9.53 Å². The van der Waals surface area contributed by atoms with Crippen molar-refractivity contribution in [3.05, 3.63) is 35.7 Å². The van der Waals surface area contributed by atoms with Gasteiger partial charge in [0.1, 0.15) is 11.4 Å². The first-order valence-corrected chi connectivity index (χ1v) is 9.72. The van der Waals surface area contributed by atoms with Crippen molar-refractivity contribution in [1.29, 1.82) is 0 Å². The maximum atomic E-state index is 12.2. The number of ether oxygens (including phenoxy) is 1. The van der Waals surface area contributed by atoms with Gasteiger partial charge in [-0.3, -0.25) is 5.10 Å². The fraction of sp³-hybridized carbons (Fsp3) is 0.500. The second-order valence-electron chi connectivity index (χ2n) is 8.07. The van der Waals surface area contributed by atoms with Crippen LogP contribution in [0.2, 0.25) is 0 Å². The van der Waals surface area contributed by atoms with Crippen LogP contribution in [0.3, 0.4) is 0 Å². The molecular formula is C20H29N7O2. The van der Waals surface area contributed by atoms with Crippen molar-refractivity contribution in [2.75, 3.05) is 26.2 Å². The highest BCUT2D eigenvalue weighted by Gasteiger charge is 2.26. The van der Waals surface area contributed by atoms with E-state index < -0.39 is 5.60 Å². The minimum atomic E-state index is -0.493. The van der Waals surface area contributed by atoms with E-state index in [9.17, 15) is 4.79 Å². The summed E-state index contributed by atoms with van der Waals surface area (Å²) >= 11 is 0. The van der Waals surface area contributed by atoms with Crippen molar-refractivity contribution in [3.63, 3.8) is 0 Å². The van der Waals surface area contributed by atoms with Crippen LogP contribution in [0, 0.1) is 6.92 Å². The van der Waals surface area contributed by atoms with E-state index in [4.69, 9.17) is 10.5 Å². The summed E-state index contributed by atoms with van der Waals surface area (Å²) in [6.45, 7) is 10.3. The molecule has 1 fully saturated rings. The number of hydrogen-bond donors (Lipinski definition) is 2. The molecule has 1 aromatic carbocycles. The summed E-state index contributed by atoms with van der Waals surface area (Å²) in [6.07, 6.45) is -0.285. The minimum Gasteiger partial charge on any atom is -0.444 e. The number of H-pyrrole nitrogens is 1. The Hall–Kier alpha value is -3.10. The van der Waals surface area contributed by atoms with E-state index in [0.29, 0.717) is 44.5 Å². The largest absolute Gasteiger partial charge is 0.444 e. The zero-order valence-corrected chi connectivity index (χ0v) is 17.5. The molecule has 0 atom stereocenters. The highest BCUT2D eigenvalue weighted by molar-refractivity contribution is 5.78. The van der Waals surface area contributed by atoms with Gasteiger partial charge in [0.15, 0.2) is 11.8 Å². The highest BCUT2D eigenvalue weighted by Crippen LogP contribution is 2.17. The van der Waals surface area contributed by atoms with Crippen molar-refractivity contribution in [2.45, 2.75) is 39.8 Å². The quantitative estimate of drug-likeness (QED) is 0.604. The van der Waals surface area contributed by atoms with Crippen LogP contribution in [0.15, 0.2) is 29.3 Å². The van der Waals surface area contributed by atoms with Crippen LogP contribution < -0.4 is 5.73 Å². The number of carbonyl (C=O) groups is 1. The number of nitrogens with two attached hydrogens (primary N) is 1. The first-order valence-electron chi connectivity index (χ1n) is 9.72. The van der Waals surface area contributed by atoms with E-state index in [1.54, 1.807) is 4.90 Å². The first-order chi connectivity index (χ1) is 13.7. The van der Waals surface area contributed by atoms with Crippen molar-refractivity contribution >= 4 is 12.1 Å². The lowest BCUT2D eigenvalue weighted by Crippen LogP contribution is -2.53. The number of amides is 1. The Morgan fingerprint density at radius 3 is 2.55 bits per heavy atom. The molecule has 1 aromatic heterocycles. The molecule has 1 saturated heterocycles. The summed E-state index contributed by atoms with van der Waals surface area (Å²) in [7, 11) is 0. The minimum absolute atomic E-state index is 0.285. The van der Waals surface area contributed by atoms with Gasteiger partial charge in [0.2, 0.25) is 0 Å². The average molecular weight is 399 g/mol. The summed E-state index contributed by atoms with van der Waals surface area (Å²) in [5.41, 5.74) is 7.66. The van der Waals surface area contributed by atoms with Crippen LogP contribution in [0.1, 0.15) is 32.2 Å². The number of hydrogen-bond acceptors (Lipinski definition) is 5. The molecular weight excluding hydrogens is 370 g/mol. The van der Waals surface area contributed by atoms with Gasteiger partial charge in [-0.05, 0) is 39.3 Å². The third-order valence-corrected chi connectivity index (χ3v) is 4.46. The second-order valence-corrected chi connectivity index (χ2v) is 8.07. The number of carbonyl (C=O) groups excluding carboxylic acids is 1. The van der Waals surface area contributed by atoms with Crippen LogP contribution in [-0.4, -0.2) is 68.8 Å². The lowest BCUT2D eigenvalue weighted by Gasteiger charge is -2.36. The molecule has 0 radical (unpaired) electrons. The number of aliphatic imine (C=N–C) groups is 1. The molecule has 9 nitrogen and oxygen atoms in total. The standard InChI is InChI=1S/C20H29N7O2/c1-14-23-17(25-24-14)16-7-5-6-15(12-16)13-22-18(21)26-8-10-27(11-9-26)19(28)29-20(2,3)4/h5-7,12H,8-11,13H2,1-4H3,(H2,21,22)(H,23,24,25). The molecule has 0 unspecified atom stereocenters. The van der Waals surface area contributed by atoms with Gasteiger partial charge in [0, 0.05) is 31.7 Å². The van der Waals surface area contributed by atoms with E-state index in [-0.39, 0.29) is 6.09 Å². The molecule has 0 saturated carbocycles. The number of nitrogens with zero attached hydrogens (tertiary/aromatic N) is 5. The summed E-state index contributed by atoms with van der Waals surface area (Å²) in [5, 5.41) is 7.04. The topological polar surface area (TPSA) is 113 Å². The van der Waals surface area contributed by atoms with Gasteiger partial charge in [-0.25, -0.2) is 14.8 Å². The molecule has 1 aliphatic rings. The Balaban J connectivity index is 1.55. The third kappa shape index (κ3) is 5.69. The fourth-order valence-corrected chi connectivity index (χ4v) is 3.00. The van der Waals surface area contributed by atoms with Crippen LogP contribution in [0.5, 0.6) is 0 Å². The van der Waals surface area contributed by atoms with Crippen LogP contribution in [0.4, 0.5) is 4.79 Å². The zero-order valence-electron chi connectivity index (χ0n) is 17.5. The lowest BCUT2D eigenvalue weighted by molar-refractivity contribution is 0.0186. The SMILES string of the molecule is Cc1nc(-c2cccc(CN=C(N)N3CCN(C(=O)OC(C)(C)C)CC3)c2)n[nH]1. The van der Waals surface area contributed by atoms with E-state index in [2.05, 4.69) is 20.2 Å². The maximum Gasteiger partial charge on any atom is 0.410 e. The van der Waals surface area contributed by atoms with E-state index in [1.807, 2.05) is 56.9 Å². The average Bonchev–Trinajstić information content (AvgIpc) is 3.11. The Morgan fingerprint density at radius 2 is 1.93 bits per heavy atom. The number of nitrogens with one attached hydrogen (secondary N) is 1. The Kier molecular flexibility index (Phi) is 6.05. The number of piperazine rings is 1. The lowest BCUT2D eigenvalue weighted by atomic mass is 10.1. The van der Waals surface area contributed by atoms with Gasteiger partial charge in [-0.2, -0.15) is 5.10 Å². The molecule has 2 heterocycles. The number of guanidine groups is 1. The summed E-state index contributed by atoms with van der Waals surface area (Å²) < 4.78 is 5.42. The molecule has 2 aromatic rings. The first kappa shape index (κ1) is 20.6. The predicted molar refractivity (Wildman–Crippen MR) is 111 cm³/mol. The third-order valence-electron chi connectivity index (χ3n) is 4.46. The monoisotopic (exact) mass is 399 g/mol. The van der Waals surface area contributed by atoms with Gasteiger partial charge in [0.25, 0.3) is 0 Å². The van der Waals surface area contributed by atoms with Gasteiger partial charge in [-0.1, -0.05) is 18.2 Å². The highest BCUT2D eigenvalue weighted by atomic mass is 16.6. The molecule has 1 amide bonds. The van der Waals surface area contributed by atoms with E-state index in [1.165, 1.54) is 0 Å². The second kappa shape index (κ2) is 8.50. The normalized spacial score (nSPS) is 15.5. The molecule has 1 aliphatic heterocycles. The summed E-state index contributed by atoms with van der Waals surface area (Å²) in [6, 6.07) is 7.94. The number of aromatic amines is 1. The van der Waals surface area contributed by atoms with Crippen molar-refractivity contribution in [3.8, 4) is 11.4 Å². The number of aryl methyl sites for hydroxylation is 1. The van der Waals surface area contributed by atoms with Gasteiger partial charge in [-0.15, -0.1) is 0 Å². The number of rotatable bonds is 3. The zero-order chi connectivity index (χ0) is 21.0. The Labute approximate surface area is 171 Å².